The first-order valence-electron chi connectivity index (χ1n) is 5.86. The molecule has 0 amide bonds. The van der Waals surface area contributed by atoms with Crippen molar-refractivity contribution in [2.75, 3.05) is 0 Å². The fourth-order valence-electron chi connectivity index (χ4n) is 2.13. The summed E-state index contributed by atoms with van der Waals surface area (Å²) in [6, 6.07) is 0. The van der Waals surface area contributed by atoms with E-state index in [1.807, 2.05) is 0 Å². The highest BCUT2D eigenvalue weighted by Gasteiger charge is 2.30. The van der Waals surface area contributed by atoms with Crippen molar-refractivity contribution in [3.63, 3.8) is 0 Å². The summed E-state index contributed by atoms with van der Waals surface area (Å²) < 4.78 is 0. The van der Waals surface area contributed by atoms with Crippen molar-refractivity contribution in [2.45, 2.75) is 71.8 Å². The average Bonchev–Trinajstić information content (AvgIpc) is 2.18. The first-order chi connectivity index (χ1) is 6.14. The summed E-state index contributed by atoms with van der Waals surface area (Å²) >= 11 is 0. The fourth-order valence-corrected chi connectivity index (χ4v) is 2.13. The minimum absolute atomic E-state index is 0.399. The summed E-state index contributed by atoms with van der Waals surface area (Å²) in [6.45, 7) is 8.59. The van der Waals surface area contributed by atoms with Crippen LogP contribution in [0.15, 0.2) is 0 Å². The first-order valence-corrected chi connectivity index (χ1v) is 5.86. The monoisotopic (exact) mass is 186 g/mol. The summed E-state index contributed by atoms with van der Waals surface area (Å²) in [6.07, 6.45) is 6.57. The zero-order valence-corrected chi connectivity index (χ0v) is 9.77. The highest BCUT2D eigenvalue weighted by Crippen LogP contribution is 2.31. The van der Waals surface area contributed by atoms with E-state index in [9.17, 15) is 5.11 Å². The third-order valence-electron chi connectivity index (χ3n) is 3.38. The lowest BCUT2D eigenvalue weighted by Gasteiger charge is -2.34. The molecule has 13 heavy (non-hydrogen) atoms. The molecule has 1 N–H and O–H groups in total. The van der Waals surface area contributed by atoms with Gasteiger partial charge in [0.15, 0.2) is 0 Å². The van der Waals surface area contributed by atoms with Crippen LogP contribution in [0.4, 0.5) is 0 Å². The van der Waals surface area contributed by atoms with E-state index in [-0.39, 0.29) is 0 Å². The van der Waals surface area contributed by atoms with Gasteiger partial charge in [0.25, 0.3) is 0 Å². The van der Waals surface area contributed by atoms with Crippen LogP contribution >= 0.6 is 0 Å². The van der Waals surface area contributed by atoms with E-state index in [0.29, 0.717) is 5.92 Å². The normalized spacial score (nSPS) is 14.5. The molecule has 1 nitrogen and oxygen atoms in total. The molecule has 0 aromatic rings. The molecular formula is C12H26O. The Bertz CT molecular complexity index is 116. The van der Waals surface area contributed by atoms with E-state index < -0.39 is 5.60 Å². The molecule has 0 saturated heterocycles. The third kappa shape index (κ3) is 3.68. The van der Waals surface area contributed by atoms with Gasteiger partial charge in [0.05, 0.1) is 5.60 Å². The fraction of sp³-hybridized carbons (Fsp3) is 1.00. The van der Waals surface area contributed by atoms with Crippen molar-refractivity contribution in [2.24, 2.45) is 5.92 Å². The van der Waals surface area contributed by atoms with Gasteiger partial charge < -0.3 is 5.11 Å². The predicted molar refractivity (Wildman–Crippen MR) is 58.8 cm³/mol. The molecule has 0 aromatic heterocycles. The minimum atomic E-state index is -0.399. The van der Waals surface area contributed by atoms with Crippen molar-refractivity contribution in [1.29, 1.82) is 0 Å². The van der Waals surface area contributed by atoms with Gasteiger partial charge in [-0.2, -0.15) is 0 Å². The number of rotatable bonds is 7. The molecule has 0 aliphatic carbocycles. The maximum Gasteiger partial charge on any atom is 0.0670 e. The van der Waals surface area contributed by atoms with Crippen LogP contribution in [0.2, 0.25) is 0 Å². The van der Waals surface area contributed by atoms with Crippen LogP contribution in [0.5, 0.6) is 0 Å². The molecule has 0 aromatic carbocycles. The van der Waals surface area contributed by atoms with Gasteiger partial charge in [-0.1, -0.05) is 47.0 Å². The van der Waals surface area contributed by atoms with Crippen LogP contribution in [0.1, 0.15) is 66.2 Å². The Hall–Kier alpha value is -0.0400. The smallest absolute Gasteiger partial charge is 0.0670 e. The second-order valence-corrected chi connectivity index (χ2v) is 4.06. The topological polar surface area (TPSA) is 20.2 Å². The van der Waals surface area contributed by atoms with Crippen molar-refractivity contribution < 1.29 is 5.11 Å². The standard InChI is InChI=1S/C12H26O/c1-5-9-10-11(6-2)12(13,7-3)8-4/h11,13H,5-10H2,1-4H3. The minimum Gasteiger partial charge on any atom is -0.390 e. The van der Waals surface area contributed by atoms with Crippen LogP contribution in [0.25, 0.3) is 0 Å². The molecule has 0 fully saturated rings. The van der Waals surface area contributed by atoms with Crippen LogP contribution < -0.4 is 0 Å². The number of unbranched alkanes of at least 4 members (excludes halogenated alkanes) is 1. The van der Waals surface area contributed by atoms with Gasteiger partial charge in [-0.25, -0.2) is 0 Å². The Labute approximate surface area is 83.5 Å². The van der Waals surface area contributed by atoms with Crippen molar-refractivity contribution >= 4 is 0 Å². The second kappa shape index (κ2) is 6.42. The van der Waals surface area contributed by atoms with E-state index in [1.54, 1.807) is 0 Å². The lowest BCUT2D eigenvalue weighted by atomic mass is 9.78. The second-order valence-electron chi connectivity index (χ2n) is 4.06. The quantitative estimate of drug-likeness (QED) is 0.642. The molecule has 1 heteroatoms. The molecule has 0 radical (unpaired) electrons. The lowest BCUT2D eigenvalue weighted by molar-refractivity contribution is -0.0313. The maximum absolute atomic E-state index is 10.3. The van der Waals surface area contributed by atoms with E-state index >= 15 is 0 Å². The van der Waals surface area contributed by atoms with Crippen LogP contribution in [-0.4, -0.2) is 10.7 Å². The molecule has 0 rings (SSSR count). The average molecular weight is 186 g/mol. The SMILES string of the molecule is CCCCC(CC)C(O)(CC)CC. The molecule has 80 valence electrons. The summed E-state index contributed by atoms with van der Waals surface area (Å²) in [5.74, 6) is 0.502. The molecular weight excluding hydrogens is 160 g/mol. The molecule has 0 aliphatic heterocycles. The number of hydrogen-bond donors (Lipinski definition) is 1. The van der Waals surface area contributed by atoms with Gasteiger partial charge in [0.1, 0.15) is 0 Å². The Balaban J connectivity index is 4.16. The zero-order valence-electron chi connectivity index (χ0n) is 9.77. The third-order valence-corrected chi connectivity index (χ3v) is 3.38. The van der Waals surface area contributed by atoms with Crippen LogP contribution in [0.3, 0.4) is 0 Å². The summed E-state index contributed by atoms with van der Waals surface area (Å²) in [7, 11) is 0. The first kappa shape index (κ1) is 13.0. The van der Waals surface area contributed by atoms with E-state index in [0.717, 1.165) is 19.3 Å². The largest absolute Gasteiger partial charge is 0.390 e. The molecule has 0 saturated carbocycles. The van der Waals surface area contributed by atoms with Gasteiger partial charge in [-0.3, -0.25) is 0 Å². The summed E-state index contributed by atoms with van der Waals surface area (Å²) in [5, 5.41) is 10.3. The Morgan fingerprint density at radius 1 is 1.08 bits per heavy atom. The Morgan fingerprint density at radius 3 is 1.92 bits per heavy atom. The Morgan fingerprint density at radius 2 is 1.62 bits per heavy atom. The molecule has 1 atom stereocenters. The highest BCUT2D eigenvalue weighted by atomic mass is 16.3. The predicted octanol–water partition coefficient (Wildman–Crippen LogP) is 3.75. The molecule has 0 aliphatic rings. The van der Waals surface area contributed by atoms with Gasteiger partial charge in [0.2, 0.25) is 0 Å². The molecule has 0 spiro atoms. The van der Waals surface area contributed by atoms with Crippen molar-refractivity contribution in [3.8, 4) is 0 Å². The molecule has 0 heterocycles. The van der Waals surface area contributed by atoms with Gasteiger partial charge in [0, 0.05) is 0 Å². The zero-order chi connectivity index (χ0) is 10.3. The van der Waals surface area contributed by atoms with Crippen LogP contribution in [-0.2, 0) is 0 Å². The van der Waals surface area contributed by atoms with E-state index in [1.165, 1.54) is 19.3 Å². The van der Waals surface area contributed by atoms with Crippen molar-refractivity contribution in [3.05, 3.63) is 0 Å². The maximum atomic E-state index is 10.3. The van der Waals surface area contributed by atoms with Crippen LogP contribution in [0, 0.1) is 5.92 Å². The van der Waals surface area contributed by atoms with Gasteiger partial charge >= 0.3 is 0 Å². The number of hydrogen-bond acceptors (Lipinski definition) is 1. The highest BCUT2D eigenvalue weighted by molar-refractivity contribution is 4.83. The van der Waals surface area contributed by atoms with Gasteiger partial charge in [-0.15, -0.1) is 0 Å². The lowest BCUT2D eigenvalue weighted by Crippen LogP contribution is -2.36. The summed E-state index contributed by atoms with van der Waals surface area (Å²) in [5.41, 5.74) is -0.399. The number of aliphatic hydroxyl groups is 1. The Kier molecular flexibility index (Phi) is 6.40. The van der Waals surface area contributed by atoms with Crippen molar-refractivity contribution in [1.82, 2.24) is 0 Å². The summed E-state index contributed by atoms with van der Waals surface area (Å²) in [4.78, 5) is 0. The van der Waals surface area contributed by atoms with Gasteiger partial charge in [-0.05, 0) is 25.2 Å². The molecule has 0 bridgehead atoms. The molecule has 1 unspecified atom stereocenters. The van der Waals surface area contributed by atoms with E-state index in [2.05, 4.69) is 27.7 Å². The van der Waals surface area contributed by atoms with E-state index in [4.69, 9.17) is 0 Å².